The van der Waals surface area contributed by atoms with Crippen molar-refractivity contribution >= 4 is 23.2 Å². The van der Waals surface area contributed by atoms with Crippen molar-refractivity contribution in [2.24, 2.45) is 0 Å². The Hall–Kier alpha value is -4.58. The zero-order chi connectivity index (χ0) is 26.7. The van der Waals surface area contributed by atoms with Gasteiger partial charge in [0.25, 0.3) is 0 Å². The maximum atomic E-state index is 12.5. The molecule has 0 aromatic heterocycles. The van der Waals surface area contributed by atoms with Crippen LogP contribution in [0.15, 0.2) is 97.1 Å². The van der Waals surface area contributed by atoms with Gasteiger partial charge in [-0.1, -0.05) is 72.8 Å². The molecule has 0 aliphatic carbocycles. The van der Waals surface area contributed by atoms with Crippen LogP contribution in [0.5, 0.6) is 11.5 Å². The number of nitrogens with one attached hydrogen (secondary N) is 2. The van der Waals surface area contributed by atoms with E-state index in [1.165, 1.54) is 0 Å². The molecule has 0 atom stereocenters. The summed E-state index contributed by atoms with van der Waals surface area (Å²) in [6.45, 7) is 0. The molecule has 0 fully saturated rings. The second kappa shape index (κ2) is 13.1. The van der Waals surface area contributed by atoms with Crippen molar-refractivity contribution in [3.8, 4) is 22.6 Å². The van der Waals surface area contributed by atoms with E-state index >= 15 is 0 Å². The third-order valence-electron chi connectivity index (χ3n) is 6.25. The molecule has 38 heavy (non-hydrogen) atoms. The molecule has 0 heterocycles. The number of rotatable bonds is 11. The van der Waals surface area contributed by atoms with Gasteiger partial charge in [0.2, 0.25) is 11.8 Å². The number of carbonyl (C=O) groups is 2. The highest BCUT2D eigenvalue weighted by molar-refractivity contribution is 5.94. The lowest BCUT2D eigenvalue weighted by atomic mass is 10.0. The zero-order valence-corrected chi connectivity index (χ0v) is 21.7. The first-order valence-electron chi connectivity index (χ1n) is 12.6. The average Bonchev–Trinajstić information content (AvgIpc) is 2.96. The van der Waals surface area contributed by atoms with Crippen molar-refractivity contribution in [2.75, 3.05) is 24.9 Å². The molecule has 194 valence electrons. The van der Waals surface area contributed by atoms with Crippen molar-refractivity contribution < 1.29 is 19.1 Å². The van der Waals surface area contributed by atoms with Gasteiger partial charge in [-0.25, -0.2) is 0 Å². The van der Waals surface area contributed by atoms with E-state index in [1.54, 1.807) is 14.2 Å². The Morgan fingerprint density at radius 2 is 0.974 bits per heavy atom. The lowest BCUT2D eigenvalue weighted by Crippen LogP contribution is -2.13. The van der Waals surface area contributed by atoms with E-state index in [2.05, 4.69) is 10.6 Å². The second-order valence-corrected chi connectivity index (χ2v) is 8.90. The minimum absolute atomic E-state index is 0.0751. The number of aryl methyl sites for hydroxylation is 2. The van der Waals surface area contributed by atoms with Crippen molar-refractivity contribution in [3.05, 3.63) is 108 Å². The second-order valence-electron chi connectivity index (χ2n) is 8.90. The summed E-state index contributed by atoms with van der Waals surface area (Å²) in [6, 6.07) is 31.1. The molecule has 0 unspecified atom stereocenters. The van der Waals surface area contributed by atoms with E-state index in [0.717, 1.165) is 22.3 Å². The van der Waals surface area contributed by atoms with Gasteiger partial charge in [-0.2, -0.15) is 0 Å². The van der Waals surface area contributed by atoms with Crippen LogP contribution in [0.4, 0.5) is 11.4 Å². The summed E-state index contributed by atoms with van der Waals surface area (Å²) in [6.07, 6.45) is 2.10. The maximum absolute atomic E-state index is 12.5. The fourth-order valence-electron chi connectivity index (χ4n) is 4.18. The van der Waals surface area contributed by atoms with Gasteiger partial charge < -0.3 is 20.1 Å². The van der Waals surface area contributed by atoms with Crippen LogP contribution in [0.2, 0.25) is 0 Å². The monoisotopic (exact) mass is 508 g/mol. The van der Waals surface area contributed by atoms with E-state index in [4.69, 9.17) is 9.47 Å². The fourth-order valence-corrected chi connectivity index (χ4v) is 4.18. The van der Waals surface area contributed by atoms with E-state index in [9.17, 15) is 9.59 Å². The molecule has 4 aromatic carbocycles. The maximum Gasteiger partial charge on any atom is 0.224 e. The summed E-state index contributed by atoms with van der Waals surface area (Å²) < 4.78 is 11.1. The molecule has 0 bridgehead atoms. The van der Waals surface area contributed by atoms with Crippen LogP contribution in [0.3, 0.4) is 0 Å². The predicted octanol–water partition coefficient (Wildman–Crippen LogP) is 6.51. The Bertz CT molecular complexity index is 1260. The van der Waals surface area contributed by atoms with E-state index < -0.39 is 0 Å². The van der Waals surface area contributed by atoms with Gasteiger partial charge in [0.05, 0.1) is 25.6 Å². The van der Waals surface area contributed by atoms with Gasteiger partial charge in [-0.05, 0) is 59.4 Å². The highest BCUT2D eigenvalue weighted by atomic mass is 16.5. The predicted molar refractivity (Wildman–Crippen MR) is 152 cm³/mol. The highest BCUT2D eigenvalue weighted by Gasteiger charge is 2.13. The van der Waals surface area contributed by atoms with Crippen molar-refractivity contribution in [1.29, 1.82) is 0 Å². The van der Waals surface area contributed by atoms with Crippen LogP contribution in [-0.2, 0) is 22.4 Å². The lowest BCUT2D eigenvalue weighted by Gasteiger charge is -2.14. The molecule has 0 aliphatic heterocycles. The SMILES string of the molecule is COc1cc(-c2ccc(NC(=O)CCc3ccccc3)c(OC)c2)ccc1NC(=O)CCc1ccccc1. The first-order valence-corrected chi connectivity index (χ1v) is 12.6. The van der Waals surface area contributed by atoms with Crippen molar-refractivity contribution in [1.82, 2.24) is 0 Å². The molecule has 0 saturated carbocycles. The Labute approximate surface area is 223 Å². The summed E-state index contributed by atoms with van der Waals surface area (Å²) >= 11 is 0. The number of ether oxygens (including phenoxy) is 2. The number of methoxy groups -OCH3 is 2. The minimum Gasteiger partial charge on any atom is -0.495 e. The standard InChI is InChI=1S/C32H32N2O4/c1-37-29-21-25(15-17-27(29)33-31(35)19-13-23-9-5-3-6-10-23)26-16-18-28(30(22-26)38-2)34-32(36)20-14-24-11-7-4-8-12-24/h3-12,15-18,21-22H,13-14,19-20H2,1-2H3,(H,33,35)(H,34,36). The van der Waals surface area contributed by atoms with Crippen LogP contribution in [-0.4, -0.2) is 26.0 Å². The van der Waals surface area contributed by atoms with Gasteiger partial charge in [0, 0.05) is 12.8 Å². The van der Waals surface area contributed by atoms with Gasteiger partial charge >= 0.3 is 0 Å². The Balaban J connectivity index is 1.41. The molecule has 2 amide bonds. The Morgan fingerprint density at radius 3 is 1.34 bits per heavy atom. The lowest BCUT2D eigenvalue weighted by molar-refractivity contribution is -0.117. The number of hydrogen-bond donors (Lipinski definition) is 2. The summed E-state index contributed by atoms with van der Waals surface area (Å²) in [5, 5.41) is 5.90. The summed E-state index contributed by atoms with van der Waals surface area (Å²) in [5.41, 5.74) is 5.26. The molecule has 0 spiro atoms. The third-order valence-corrected chi connectivity index (χ3v) is 6.25. The number of anilines is 2. The minimum atomic E-state index is -0.0751. The van der Waals surface area contributed by atoms with E-state index in [-0.39, 0.29) is 11.8 Å². The zero-order valence-electron chi connectivity index (χ0n) is 21.7. The van der Waals surface area contributed by atoms with Gasteiger partial charge in [-0.15, -0.1) is 0 Å². The first-order chi connectivity index (χ1) is 18.6. The van der Waals surface area contributed by atoms with E-state index in [0.29, 0.717) is 48.6 Å². The van der Waals surface area contributed by atoms with Crippen molar-refractivity contribution in [3.63, 3.8) is 0 Å². The quantitative estimate of drug-likeness (QED) is 0.242. The molecule has 4 aromatic rings. The van der Waals surface area contributed by atoms with Crippen LogP contribution in [0.1, 0.15) is 24.0 Å². The largest absolute Gasteiger partial charge is 0.495 e. The van der Waals surface area contributed by atoms with Gasteiger partial charge in [0.15, 0.2) is 0 Å². The van der Waals surface area contributed by atoms with Gasteiger partial charge in [-0.3, -0.25) is 9.59 Å². The molecule has 0 aliphatic rings. The topological polar surface area (TPSA) is 76.7 Å². The molecule has 0 saturated heterocycles. The van der Waals surface area contributed by atoms with Gasteiger partial charge in [0.1, 0.15) is 11.5 Å². The van der Waals surface area contributed by atoms with Crippen molar-refractivity contribution in [2.45, 2.75) is 25.7 Å². The first kappa shape index (κ1) is 26.5. The van der Waals surface area contributed by atoms with Crippen LogP contribution in [0, 0.1) is 0 Å². The smallest absolute Gasteiger partial charge is 0.224 e. The normalized spacial score (nSPS) is 10.5. The molecule has 4 rings (SSSR count). The third kappa shape index (κ3) is 7.23. The average molecular weight is 509 g/mol. The molecular formula is C32H32N2O4. The summed E-state index contributed by atoms with van der Waals surface area (Å²) in [7, 11) is 3.15. The molecular weight excluding hydrogens is 476 g/mol. The van der Waals surface area contributed by atoms with Crippen LogP contribution >= 0.6 is 0 Å². The molecule has 2 N–H and O–H groups in total. The number of benzene rings is 4. The Morgan fingerprint density at radius 1 is 0.579 bits per heavy atom. The summed E-state index contributed by atoms with van der Waals surface area (Å²) in [4.78, 5) is 25.1. The Kier molecular flexibility index (Phi) is 9.13. The van der Waals surface area contributed by atoms with Crippen LogP contribution in [0.25, 0.3) is 11.1 Å². The number of amides is 2. The highest BCUT2D eigenvalue weighted by Crippen LogP contribution is 2.35. The summed E-state index contributed by atoms with van der Waals surface area (Å²) in [5.74, 6) is 0.975. The molecule has 6 heteroatoms. The number of hydrogen-bond acceptors (Lipinski definition) is 4. The molecule has 6 nitrogen and oxygen atoms in total. The van der Waals surface area contributed by atoms with E-state index in [1.807, 2.05) is 97.1 Å². The number of carbonyl (C=O) groups excluding carboxylic acids is 2. The van der Waals surface area contributed by atoms with Crippen LogP contribution < -0.4 is 20.1 Å². The fraction of sp³-hybridized carbons (Fsp3) is 0.188. The molecule has 0 radical (unpaired) electrons.